The van der Waals surface area contributed by atoms with Crippen molar-refractivity contribution in [3.8, 4) is 5.75 Å². The number of ether oxygens (including phenoxy) is 1. The van der Waals surface area contributed by atoms with E-state index in [1.165, 1.54) is 12.1 Å². The van der Waals surface area contributed by atoms with Crippen LogP contribution >= 0.6 is 0 Å². The standard InChI is InChI=1S/C19H21FN2O3/c1-11-6-5-7-17(13(11)3)25-14(4)18(23)21-22-19(24)15-9-8-12(2)16(20)10-15/h5-10,14H,1-4H3,(H,21,23)(H,22,24). The summed E-state index contributed by atoms with van der Waals surface area (Å²) in [6.45, 7) is 7.04. The second kappa shape index (κ2) is 7.79. The minimum Gasteiger partial charge on any atom is -0.481 e. The molecule has 25 heavy (non-hydrogen) atoms. The van der Waals surface area contributed by atoms with E-state index in [2.05, 4.69) is 10.9 Å². The number of aryl methyl sites for hydroxylation is 2. The summed E-state index contributed by atoms with van der Waals surface area (Å²) >= 11 is 0. The van der Waals surface area contributed by atoms with E-state index in [0.717, 1.165) is 17.2 Å². The maximum absolute atomic E-state index is 13.5. The number of hydrogen-bond donors (Lipinski definition) is 2. The fraction of sp³-hybridized carbons (Fsp3) is 0.263. The monoisotopic (exact) mass is 344 g/mol. The molecule has 2 rings (SSSR count). The van der Waals surface area contributed by atoms with Gasteiger partial charge < -0.3 is 4.74 Å². The summed E-state index contributed by atoms with van der Waals surface area (Å²) < 4.78 is 19.1. The number of hydrazine groups is 1. The molecule has 5 nitrogen and oxygen atoms in total. The van der Waals surface area contributed by atoms with Crippen LogP contribution in [0.25, 0.3) is 0 Å². The molecule has 2 amide bonds. The molecule has 2 aromatic carbocycles. The van der Waals surface area contributed by atoms with E-state index >= 15 is 0 Å². The zero-order valence-corrected chi connectivity index (χ0v) is 14.6. The lowest BCUT2D eigenvalue weighted by Crippen LogP contribution is -2.47. The number of benzene rings is 2. The Hall–Kier alpha value is -2.89. The van der Waals surface area contributed by atoms with E-state index in [-0.39, 0.29) is 5.56 Å². The zero-order chi connectivity index (χ0) is 18.6. The summed E-state index contributed by atoms with van der Waals surface area (Å²) in [4.78, 5) is 24.0. The van der Waals surface area contributed by atoms with Crippen molar-refractivity contribution in [1.29, 1.82) is 0 Å². The van der Waals surface area contributed by atoms with Gasteiger partial charge in [-0.1, -0.05) is 18.2 Å². The van der Waals surface area contributed by atoms with Crippen LogP contribution in [0.15, 0.2) is 36.4 Å². The van der Waals surface area contributed by atoms with Gasteiger partial charge in [-0.2, -0.15) is 0 Å². The second-order valence-electron chi connectivity index (χ2n) is 5.87. The maximum atomic E-state index is 13.5. The van der Waals surface area contributed by atoms with Gasteiger partial charge in [0.05, 0.1) is 0 Å². The highest BCUT2D eigenvalue weighted by molar-refractivity contribution is 5.95. The third kappa shape index (κ3) is 4.56. The van der Waals surface area contributed by atoms with E-state index in [0.29, 0.717) is 11.3 Å². The minimum atomic E-state index is -0.810. The Labute approximate surface area is 146 Å². The van der Waals surface area contributed by atoms with Crippen LogP contribution in [0.4, 0.5) is 4.39 Å². The number of rotatable bonds is 4. The molecular formula is C19H21FN2O3. The summed E-state index contributed by atoms with van der Waals surface area (Å²) in [6.07, 6.45) is -0.810. The SMILES string of the molecule is Cc1ccc(C(=O)NNC(=O)C(C)Oc2cccc(C)c2C)cc1F. The van der Waals surface area contributed by atoms with Crippen LogP contribution in [-0.2, 0) is 4.79 Å². The molecule has 2 N–H and O–H groups in total. The molecule has 1 atom stereocenters. The average Bonchev–Trinajstić information content (AvgIpc) is 2.58. The fourth-order valence-corrected chi connectivity index (χ4v) is 2.12. The van der Waals surface area contributed by atoms with E-state index in [4.69, 9.17) is 4.74 Å². The molecule has 0 fully saturated rings. The number of carbonyl (C=O) groups is 2. The molecule has 0 heterocycles. The summed E-state index contributed by atoms with van der Waals surface area (Å²) in [7, 11) is 0. The molecule has 0 spiro atoms. The van der Waals surface area contributed by atoms with Gasteiger partial charge in [-0.15, -0.1) is 0 Å². The molecule has 0 saturated carbocycles. The van der Waals surface area contributed by atoms with Crippen molar-refractivity contribution < 1.29 is 18.7 Å². The molecule has 2 aromatic rings. The van der Waals surface area contributed by atoms with E-state index in [1.54, 1.807) is 19.9 Å². The van der Waals surface area contributed by atoms with Crippen LogP contribution in [0, 0.1) is 26.6 Å². The number of hydrogen-bond acceptors (Lipinski definition) is 3. The van der Waals surface area contributed by atoms with E-state index < -0.39 is 23.7 Å². The first kappa shape index (κ1) is 18.4. The predicted octanol–water partition coefficient (Wildman–Crippen LogP) is 2.98. The predicted molar refractivity (Wildman–Crippen MR) is 92.8 cm³/mol. The van der Waals surface area contributed by atoms with Gasteiger partial charge >= 0.3 is 0 Å². The number of halogens is 1. The van der Waals surface area contributed by atoms with Gasteiger partial charge in [-0.3, -0.25) is 20.4 Å². The van der Waals surface area contributed by atoms with Crippen molar-refractivity contribution >= 4 is 11.8 Å². The third-order valence-corrected chi connectivity index (χ3v) is 3.96. The largest absolute Gasteiger partial charge is 0.481 e. The van der Waals surface area contributed by atoms with Gasteiger partial charge in [0.2, 0.25) is 0 Å². The lowest BCUT2D eigenvalue weighted by atomic mass is 10.1. The molecule has 0 aliphatic heterocycles. The minimum absolute atomic E-state index is 0.117. The van der Waals surface area contributed by atoms with Crippen molar-refractivity contribution in [3.63, 3.8) is 0 Å². The molecule has 0 saturated heterocycles. The highest BCUT2D eigenvalue weighted by Crippen LogP contribution is 2.21. The normalized spacial score (nSPS) is 11.6. The third-order valence-electron chi connectivity index (χ3n) is 3.96. The Morgan fingerprint density at radius 3 is 2.44 bits per heavy atom. The van der Waals surface area contributed by atoms with Gasteiger partial charge in [0.1, 0.15) is 11.6 Å². The Kier molecular flexibility index (Phi) is 5.75. The first-order chi connectivity index (χ1) is 11.8. The molecule has 0 aliphatic carbocycles. The number of amides is 2. The van der Waals surface area contributed by atoms with Crippen LogP contribution in [0.1, 0.15) is 34.0 Å². The van der Waals surface area contributed by atoms with Crippen molar-refractivity contribution in [2.75, 3.05) is 0 Å². The summed E-state index contributed by atoms with van der Waals surface area (Å²) in [5.41, 5.74) is 7.10. The quantitative estimate of drug-likeness (QED) is 0.838. The first-order valence-electron chi connectivity index (χ1n) is 7.89. The second-order valence-corrected chi connectivity index (χ2v) is 5.87. The van der Waals surface area contributed by atoms with Crippen LogP contribution < -0.4 is 15.6 Å². The van der Waals surface area contributed by atoms with Crippen molar-refractivity contribution in [2.24, 2.45) is 0 Å². The topological polar surface area (TPSA) is 67.4 Å². The summed E-state index contributed by atoms with van der Waals surface area (Å²) in [6, 6.07) is 9.67. The summed E-state index contributed by atoms with van der Waals surface area (Å²) in [5.74, 6) is -0.992. The van der Waals surface area contributed by atoms with Crippen LogP contribution in [-0.4, -0.2) is 17.9 Å². The Morgan fingerprint density at radius 2 is 1.76 bits per heavy atom. The lowest BCUT2D eigenvalue weighted by Gasteiger charge is -2.17. The molecule has 0 aromatic heterocycles. The molecule has 1 unspecified atom stereocenters. The summed E-state index contributed by atoms with van der Waals surface area (Å²) in [5, 5.41) is 0. The molecular weight excluding hydrogens is 323 g/mol. The van der Waals surface area contributed by atoms with Gasteiger partial charge in [0.15, 0.2) is 6.10 Å². The van der Waals surface area contributed by atoms with E-state index in [9.17, 15) is 14.0 Å². The van der Waals surface area contributed by atoms with E-state index in [1.807, 2.05) is 26.0 Å². The van der Waals surface area contributed by atoms with Crippen LogP contribution in [0.5, 0.6) is 5.75 Å². The number of nitrogens with one attached hydrogen (secondary N) is 2. The molecule has 6 heteroatoms. The van der Waals surface area contributed by atoms with Crippen LogP contribution in [0.2, 0.25) is 0 Å². The smallest absolute Gasteiger partial charge is 0.279 e. The highest BCUT2D eigenvalue weighted by Gasteiger charge is 2.17. The van der Waals surface area contributed by atoms with Gasteiger partial charge in [-0.25, -0.2) is 4.39 Å². The van der Waals surface area contributed by atoms with Crippen molar-refractivity contribution in [1.82, 2.24) is 10.9 Å². The maximum Gasteiger partial charge on any atom is 0.279 e. The molecule has 0 bridgehead atoms. The Balaban J connectivity index is 1.93. The molecule has 132 valence electrons. The lowest BCUT2D eigenvalue weighted by molar-refractivity contribution is -0.128. The highest BCUT2D eigenvalue weighted by atomic mass is 19.1. The zero-order valence-electron chi connectivity index (χ0n) is 14.6. The van der Waals surface area contributed by atoms with Gasteiger partial charge in [0.25, 0.3) is 11.8 Å². The van der Waals surface area contributed by atoms with Crippen LogP contribution in [0.3, 0.4) is 0 Å². The number of carbonyl (C=O) groups excluding carboxylic acids is 2. The first-order valence-corrected chi connectivity index (χ1v) is 7.89. The van der Waals surface area contributed by atoms with Crippen molar-refractivity contribution in [3.05, 3.63) is 64.5 Å². The Morgan fingerprint density at radius 1 is 1.04 bits per heavy atom. The van der Waals surface area contributed by atoms with Gasteiger partial charge in [-0.05, 0) is 62.6 Å². The van der Waals surface area contributed by atoms with Gasteiger partial charge in [0, 0.05) is 5.56 Å². The average molecular weight is 344 g/mol. The van der Waals surface area contributed by atoms with Crippen molar-refractivity contribution in [2.45, 2.75) is 33.8 Å². The molecule has 0 radical (unpaired) electrons. The Bertz CT molecular complexity index is 805. The molecule has 0 aliphatic rings. The fourth-order valence-electron chi connectivity index (χ4n) is 2.12.